The molecule has 0 radical (unpaired) electrons. The highest BCUT2D eigenvalue weighted by Gasteiger charge is 2.17. The van der Waals surface area contributed by atoms with E-state index in [9.17, 15) is 14.7 Å². The minimum atomic E-state index is -0.198. The molecule has 3 heterocycles. The van der Waals surface area contributed by atoms with Crippen LogP contribution in [0.4, 0.5) is 5.82 Å². The molecule has 0 bridgehead atoms. The van der Waals surface area contributed by atoms with Gasteiger partial charge in [-0.15, -0.1) is 0 Å². The van der Waals surface area contributed by atoms with Gasteiger partial charge in [-0.2, -0.15) is 0 Å². The summed E-state index contributed by atoms with van der Waals surface area (Å²) in [6.07, 6.45) is 4.01. The molecule has 0 atom stereocenters. The van der Waals surface area contributed by atoms with Crippen LogP contribution in [0.3, 0.4) is 0 Å². The first-order valence-electron chi connectivity index (χ1n) is 11.2. The Morgan fingerprint density at radius 3 is 2.50 bits per heavy atom. The van der Waals surface area contributed by atoms with E-state index >= 15 is 0 Å². The van der Waals surface area contributed by atoms with Crippen LogP contribution in [0.15, 0.2) is 79.1 Å². The van der Waals surface area contributed by atoms with Gasteiger partial charge >= 0.3 is 0 Å². The second-order valence-corrected chi connectivity index (χ2v) is 8.18. The van der Waals surface area contributed by atoms with Crippen molar-refractivity contribution in [1.29, 1.82) is 0 Å². The molecule has 0 unspecified atom stereocenters. The summed E-state index contributed by atoms with van der Waals surface area (Å²) < 4.78 is 1.93. The van der Waals surface area contributed by atoms with E-state index < -0.39 is 0 Å². The summed E-state index contributed by atoms with van der Waals surface area (Å²) in [6, 6.07) is 19.7. The number of imidazole rings is 1. The zero-order valence-electron chi connectivity index (χ0n) is 19.1. The van der Waals surface area contributed by atoms with Crippen molar-refractivity contribution in [2.75, 3.05) is 5.73 Å². The Bertz CT molecular complexity index is 1580. The molecule has 5 aromatic rings. The van der Waals surface area contributed by atoms with Crippen molar-refractivity contribution in [3.05, 3.63) is 95.8 Å². The number of anilines is 1. The van der Waals surface area contributed by atoms with Crippen molar-refractivity contribution in [3.63, 3.8) is 0 Å². The summed E-state index contributed by atoms with van der Waals surface area (Å²) in [6.45, 7) is 0.336. The molecule has 0 saturated carbocycles. The molecule has 3 aromatic heterocycles. The van der Waals surface area contributed by atoms with E-state index in [0.717, 1.165) is 16.8 Å². The normalized spacial score (nSPS) is 10.9. The Morgan fingerprint density at radius 1 is 1.00 bits per heavy atom. The van der Waals surface area contributed by atoms with Gasteiger partial charge in [-0.05, 0) is 59.7 Å². The van der Waals surface area contributed by atoms with Gasteiger partial charge in [-0.25, -0.2) is 15.0 Å². The molecule has 0 saturated heterocycles. The highest BCUT2D eigenvalue weighted by atomic mass is 16.3. The van der Waals surface area contributed by atoms with E-state index in [1.54, 1.807) is 18.5 Å². The number of aldehydes is 1. The topological polar surface area (TPSA) is 136 Å². The van der Waals surface area contributed by atoms with E-state index in [1.807, 2.05) is 53.1 Å². The number of rotatable bonds is 7. The largest absolute Gasteiger partial charge is 0.507 e. The van der Waals surface area contributed by atoms with Crippen LogP contribution in [0.5, 0.6) is 5.75 Å². The number of benzene rings is 2. The van der Waals surface area contributed by atoms with Crippen molar-refractivity contribution >= 4 is 29.2 Å². The van der Waals surface area contributed by atoms with Crippen molar-refractivity contribution in [3.8, 4) is 22.8 Å². The smallest absolute Gasteiger partial charge is 0.224 e. The number of pyridine rings is 2. The Morgan fingerprint density at radius 2 is 1.75 bits per heavy atom. The Labute approximate surface area is 206 Å². The van der Waals surface area contributed by atoms with Crippen LogP contribution in [0.2, 0.25) is 0 Å². The van der Waals surface area contributed by atoms with Gasteiger partial charge in [0.1, 0.15) is 17.1 Å². The van der Waals surface area contributed by atoms with Gasteiger partial charge < -0.3 is 16.2 Å². The number of phenolic OH excluding ortho intramolecular Hbond substituents is 1. The zero-order valence-corrected chi connectivity index (χ0v) is 19.1. The number of carbonyl (C=O) groups excluding carboxylic acids is 2. The third-order valence-corrected chi connectivity index (χ3v) is 5.77. The van der Waals surface area contributed by atoms with E-state index in [-0.39, 0.29) is 23.6 Å². The van der Waals surface area contributed by atoms with Gasteiger partial charge in [-0.3, -0.25) is 14.2 Å². The lowest BCUT2D eigenvalue weighted by Crippen LogP contribution is -2.24. The summed E-state index contributed by atoms with van der Waals surface area (Å²) in [7, 11) is 0. The molecule has 0 aliphatic carbocycles. The molecule has 4 N–H and O–H groups in total. The summed E-state index contributed by atoms with van der Waals surface area (Å²) >= 11 is 0. The SMILES string of the molecule is Nc1ncccc1-c1nc2cccnc2n1-c1ccc(CNC(=O)Cc2ccc(C=O)c(O)c2)cc1. The minimum Gasteiger partial charge on any atom is -0.507 e. The van der Waals surface area contributed by atoms with Crippen LogP contribution in [-0.2, 0) is 17.8 Å². The second-order valence-electron chi connectivity index (χ2n) is 8.18. The van der Waals surface area contributed by atoms with Gasteiger partial charge in [-0.1, -0.05) is 18.2 Å². The van der Waals surface area contributed by atoms with Crippen LogP contribution in [0.1, 0.15) is 21.5 Å². The van der Waals surface area contributed by atoms with Crippen LogP contribution in [-0.4, -0.2) is 36.8 Å². The molecule has 0 aliphatic rings. The number of nitrogens with zero attached hydrogens (tertiary/aromatic N) is 4. The minimum absolute atomic E-state index is 0.0906. The lowest BCUT2D eigenvalue weighted by Gasteiger charge is -2.11. The Balaban J connectivity index is 1.35. The average molecular weight is 479 g/mol. The van der Waals surface area contributed by atoms with E-state index in [1.165, 1.54) is 12.1 Å². The predicted octanol–water partition coefficient (Wildman–Crippen LogP) is 3.44. The molecular formula is C27H22N6O3. The third kappa shape index (κ3) is 4.49. The average Bonchev–Trinajstić information content (AvgIpc) is 3.27. The monoisotopic (exact) mass is 478 g/mol. The summed E-state index contributed by atoms with van der Waals surface area (Å²) in [4.78, 5) is 36.7. The van der Waals surface area contributed by atoms with Gasteiger partial charge in [0.25, 0.3) is 0 Å². The van der Waals surface area contributed by atoms with Crippen molar-refractivity contribution in [2.24, 2.45) is 0 Å². The maximum Gasteiger partial charge on any atom is 0.224 e. The number of nitrogens with two attached hydrogens (primary N) is 1. The number of amides is 1. The number of nitrogen functional groups attached to an aromatic ring is 1. The number of phenols is 1. The predicted molar refractivity (Wildman–Crippen MR) is 136 cm³/mol. The third-order valence-electron chi connectivity index (χ3n) is 5.77. The van der Waals surface area contributed by atoms with E-state index in [4.69, 9.17) is 10.7 Å². The molecular weight excluding hydrogens is 456 g/mol. The molecule has 2 aromatic carbocycles. The van der Waals surface area contributed by atoms with E-state index in [2.05, 4.69) is 15.3 Å². The lowest BCUT2D eigenvalue weighted by molar-refractivity contribution is -0.120. The van der Waals surface area contributed by atoms with Gasteiger partial charge in [0.05, 0.1) is 17.5 Å². The summed E-state index contributed by atoms with van der Waals surface area (Å²) in [5.41, 5.74) is 10.8. The number of hydrogen-bond donors (Lipinski definition) is 3. The fourth-order valence-corrected chi connectivity index (χ4v) is 3.95. The van der Waals surface area contributed by atoms with E-state index in [0.29, 0.717) is 41.2 Å². The number of aromatic nitrogens is 4. The van der Waals surface area contributed by atoms with Crippen LogP contribution in [0.25, 0.3) is 28.2 Å². The van der Waals surface area contributed by atoms with Crippen LogP contribution >= 0.6 is 0 Å². The maximum absolute atomic E-state index is 12.4. The number of carbonyl (C=O) groups is 2. The van der Waals surface area contributed by atoms with Gasteiger partial charge in [0.2, 0.25) is 5.91 Å². The Hall–Kier alpha value is -5.05. The Kier molecular flexibility index (Phi) is 6.10. The van der Waals surface area contributed by atoms with Crippen molar-refractivity contribution < 1.29 is 14.7 Å². The first-order chi connectivity index (χ1) is 17.5. The molecule has 9 nitrogen and oxygen atoms in total. The standard InChI is InChI=1S/C27H22N6O3/c28-25-21(3-1-11-29-25)26-32-22-4-2-12-30-27(22)33(26)20-9-6-17(7-10-20)15-31-24(36)14-18-5-8-19(16-34)23(35)13-18/h1-13,16,35H,14-15H2,(H2,28,29)(H,31,36). The molecule has 0 aliphatic heterocycles. The maximum atomic E-state index is 12.4. The van der Waals surface area contributed by atoms with Crippen molar-refractivity contribution in [1.82, 2.24) is 24.8 Å². The van der Waals surface area contributed by atoms with Crippen LogP contribution in [0, 0.1) is 0 Å². The molecule has 9 heteroatoms. The van der Waals surface area contributed by atoms with Crippen LogP contribution < -0.4 is 11.1 Å². The summed E-state index contributed by atoms with van der Waals surface area (Å²) in [5, 5.41) is 12.7. The zero-order chi connectivity index (χ0) is 25.1. The highest BCUT2D eigenvalue weighted by Crippen LogP contribution is 2.30. The molecule has 5 rings (SSSR count). The molecule has 0 fully saturated rings. The molecule has 36 heavy (non-hydrogen) atoms. The molecule has 1 amide bonds. The first kappa shape index (κ1) is 22.7. The fraction of sp³-hybridized carbons (Fsp3) is 0.0741. The quantitative estimate of drug-likeness (QED) is 0.305. The number of aromatic hydroxyl groups is 1. The first-order valence-corrected chi connectivity index (χ1v) is 11.2. The number of fused-ring (bicyclic) bond motifs is 1. The molecule has 178 valence electrons. The summed E-state index contributed by atoms with van der Waals surface area (Å²) in [5.74, 6) is 0.679. The van der Waals surface area contributed by atoms with Gasteiger partial charge in [0.15, 0.2) is 17.8 Å². The lowest BCUT2D eigenvalue weighted by atomic mass is 10.1. The van der Waals surface area contributed by atoms with Crippen molar-refractivity contribution in [2.45, 2.75) is 13.0 Å². The highest BCUT2D eigenvalue weighted by molar-refractivity contribution is 5.83. The molecule has 0 spiro atoms. The second kappa shape index (κ2) is 9.67. The number of hydrogen-bond acceptors (Lipinski definition) is 7. The number of nitrogens with one attached hydrogen (secondary N) is 1. The van der Waals surface area contributed by atoms with Gasteiger partial charge in [0, 0.05) is 24.6 Å². The fourth-order valence-electron chi connectivity index (χ4n) is 3.95.